The van der Waals surface area contributed by atoms with Crippen LogP contribution in [0.15, 0.2) is 24.3 Å². The van der Waals surface area contributed by atoms with Crippen molar-refractivity contribution in [3.05, 3.63) is 29.8 Å². The minimum atomic E-state index is 0.648. The number of benzene rings is 1. The lowest BCUT2D eigenvalue weighted by Crippen LogP contribution is -2.18. The molecule has 2 N–H and O–H groups in total. The lowest BCUT2D eigenvalue weighted by Gasteiger charge is -2.32. The van der Waals surface area contributed by atoms with E-state index in [0.717, 1.165) is 11.6 Å². The van der Waals surface area contributed by atoms with E-state index < -0.39 is 0 Å². The molecular weight excluding hydrogens is 158 g/mol. The normalized spacial score (nSPS) is 19.5. The molecule has 0 bridgehead atoms. The summed E-state index contributed by atoms with van der Waals surface area (Å²) >= 11 is 0. The molecule has 0 spiro atoms. The van der Waals surface area contributed by atoms with Crippen LogP contribution < -0.4 is 5.73 Å². The van der Waals surface area contributed by atoms with Crippen molar-refractivity contribution >= 4 is 5.69 Å². The molecule has 1 nitrogen and oxygen atoms in total. The van der Waals surface area contributed by atoms with Crippen LogP contribution in [0, 0.1) is 5.92 Å². The van der Waals surface area contributed by atoms with Gasteiger partial charge in [0.2, 0.25) is 0 Å². The van der Waals surface area contributed by atoms with Crippen molar-refractivity contribution in [2.45, 2.75) is 32.1 Å². The number of nitrogen functional groups attached to an aromatic ring is 1. The van der Waals surface area contributed by atoms with Crippen molar-refractivity contribution < 1.29 is 0 Å². The molecule has 70 valence electrons. The van der Waals surface area contributed by atoms with Crippen LogP contribution in [0.5, 0.6) is 0 Å². The molecule has 0 aromatic heterocycles. The van der Waals surface area contributed by atoms with E-state index in [2.05, 4.69) is 19.1 Å². The zero-order valence-corrected chi connectivity index (χ0v) is 8.16. The third-order valence-electron chi connectivity index (χ3n) is 3.34. The number of nitrogens with two attached hydrogens (primary N) is 1. The highest BCUT2D eigenvalue weighted by molar-refractivity contribution is 5.48. The van der Waals surface area contributed by atoms with Gasteiger partial charge in [-0.05, 0) is 36.3 Å². The molecule has 0 heterocycles. The van der Waals surface area contributed by atoms with Crippen LogP contribution in [0.1, 0.15) is 37.7 Å². The van der Waals surface area contributed by atoms with Gasteiger partial charge >= 0.3 is 0 Å². The second-order valence-corrected chi connectivity index (χ2v) is 4.11. The maximum absolute atomic E-state index is 5.94. The fourth-order valence-electron chi connectivity index (χ4n) is 2.12. The topological polar surface area (TPSA) is 26.0 Å². The fourth-order valence-corrected chi connectivity index (χ4v) is 2.12. The Kier molecular flexibility index (Phi) is 2.26. The molecule has 13 heavy (non-hydrogen) atoms. The molecule has 1 atom stereocenters. The Bertz CT molecular complexity index is 289. The van der Waals surface area contributed by atoms with Crippen molar-refractivity contribution in [3.8, 4) is 0 Å². The maximum atomic E-state index is 5.94. The summed E-state index contributed by atoms with van der Waals surface area (Å²) in [6, 6.07) is 8.26. The van der Waals surface area contributed by atoms with Gasteiger partial charge < -0.3 is 5.73 Å². The van der Waals surface area contributed by atoms with E-state index in [0.29, 0.717) is 5.92 Å². The molecule has 0 amide bonds. The minimum Gasteiger partial charge on any atom is -0.398 e. The molecule has 0 saturated heterocycles. The van der Waals surface area contributed by atoms with Crippen LogP contribution >= 0.6 is 0 Å². The summed E-state index contributed by atoms with van der Waals surface area (Å²) in [6.45, 7) is 2.30. The zero-order chi connectivity index (χ0) is 9.26. The summed E-state index contributed by atoms with van der Waals surface area (Å²) in [5.41, 5.74) is 8.24. The second-order valence-electron chi connectivity index (χ2n) is 4.11. The first-order chi connectivity index (χ1) is 6.29. The number of hydrogen-bond donors (Lipinski definition) is 1. The Hall–Kier alpha value is -0.980. The zero-order valence-electron chi connectivity index (χ0n) is 8.16. The van der Waals surface area contributed by atoms with Crippen molar-refractivity contribution in [1.82, 2.24) is 0 Å². The molecule has 1 aromatic rings. The predicted molar refractivity (Wildman–Crippen MR) is 56.6 cm³/mol. The Morgan fingerprint density at radius 2 is 2.00 bits per heavy atom. The molecule has 2 rings (SSSR count). The van der Waals surface area contributed by atoms with Gasteiger partial charge in [-0.15, -0.1) is 0 Å². The molecule has 1 aliphatic carbocycles. The Labute approximate surface area is 80.0 Å². The minimum absolute atomic E-state index is 0.648. The monoisotopic (exact) mass is 175 g/mol. The van der Waals surface area contributed by atoms with Crippen molar-refractivity contribution in [2.24, 2.45) is 5.92 Å². The fraction of sp³-hybridized carbons (Fsp3) is 0.500. The molecule has 0 aliphatic heterocycles. The first-order valence-electron chi connectivity index (χ1n) is 5.13. The smallest absolute Gasteiger partial charge is 0.0349 e. The van der Waals surface area contributed by atoms with Gasteiger partial charge in [0.05, 0.1) is 0 Å². The van der Waals surface area contributed by atoms with Gasteiger partial charge in [-0.25, -0.2) is 0 Å². The third-order valence-corrected chi connectivity index (χ3v) is 3.34. The summed E-state index contributed by atoms with van der Waals surface area (Å²) in [4.78, 5) is 0. The molecule has 1 aliphatic rings. The van der Waals surface area contributed by atoms with E-state index >= 15 is 0 Å². The maximum Gasteiger partial charge on any atom is 0.0349 e. The standard InChI is InChI=1S/C12H17N/c1-9(10-5-4-6-10)11-7-2-3-8-12(11)13/h2-3,7-10H,4-6,13H2,1H3. The summed E-state index contributed by atoms with van der Waals surface area (Å²) < 4.78 is 0. The van der Waals surface area contributed by atoms with Gasteiger partial charge in [0.15, 0.2) is 0 Å². The summed E-state index contributed by atoms with van der Waals surface area (Å²) in [5.74, 6) is 1.53. The van der Waals surface area contributed by atoms with Gasteiger partial charge in [-0.2, -0.15) is 0 Å². The Morgan fingerprint density at radius 1 is 1.31 bits per heavy atom. The lowest BCUT2D eigenvalue weighted by atomic mass is 9.74. The number of para-hydroxylation sites is 1. The van der Waals surface area contributed by atoms with Gasteiger partial charge in [0, 0.05) is 5.69 Å². The highest BCUT2D eigenvalue weighted by Gasteiger charge is 2.25. The third kappa shape index (κ3) is 1.55. The highest BCUT2D eigenvalue weighted by Crippen LogP contribution is 2.40. The van der Waals surface area contributed by atoms with Gasteiger partial charge in [-0.3, -0.25) is 0 Å². The predicted octanol–water partition coefficient (Wildman–Crippen LogP) is 3.17. The van der Waals surface area contributed by atoms with Gasteiger partial charge in [0.25, 0.3) is 0 Å². The van der Waals surface area contributed by atoms with Gasteiger partial charge in [0.1, 0.15) is 0 Å². The van der Waals surface area contributed by atoms with E-state index in [1.165, 1.54) is 24.8 Å². The van der Waals surface area contributed by atoms with Crippen LogP contribution in [-0.2, 0) is 0 Å². The number of rotatable bonds is 2. The molecule has 1 aromatic carbocycles. The van der Waals surface area contributed by atoms with E-state index in [-0.39, 0.29) is 0 Å². The van der Waals surface area contributed by atoms with Crippen LogP contribution in [0.4, 0.5) is 5.69 Å². The first-order valence-corrected chi connectivity index (χ1v) is 5.13. The molecular formula is C12H17N. The summed E-state index contributed by atoms with van der Waals surface area (Å²) in [7, 11) is 0. The number of hydrogen-bond acceptors (Lipinski definition) is 1. The van der Waals surface area contributed by atoms with Crippen LogP contribution in [0.25, 0.3) is 0 Å². The summed E-state index contributed by atoms with van der Waals surface area (Å²) in [5, 5.41) is 0. The van der Waals surface area contributed by atoms with Crippen molar-refractivity contribution in [1.29, 1.82) is 0 Å². The molecule has 0 radical (unpaired) electrons. The van der Waals surface area contributed by atoms with E-state index in [4.69, 9.17) is 5.73 Å². The van der Waals surface area contributed by atoms with Crippen LogP contribution in [0.2, 0.25) is 0 Å². The molecule has 1 heteroatoms. The Morgan fingerprint density at radius 3 is 2.54 bits per heavy atom. The van der Waals surface area contributed by atoms with E-state index in [1.807, 2.05) is 12.1 Å². The molecule has 1 unspecified atom stereocenters. The lowest BCUT2D eigenvalue weighted by molar-refractivity contribution is 0.272. The Balaban J connectivity index is 2.18. The van der Waals surface area contributed by atoms with Crippen LogP contribution in [-0.4, -0.2) is 0 Å². The molecule has 1 fully saturated rings. The first kappa shape index (κ1) is 8.61. The average molecular weight is 175 g/mol. The van der Waals surface area contributed by atoms with Crippen LogP contribution in [0.3, 0.4) is 0 Å². The SMILES string of the molecule is CC(c1ccccc1N)C1CCC1. The highest BCUT2D eigenvalue weighted by atomic mass is 14.6. The second kappa shape index (κ2) is 3.41. The van der Waals surface area contributed by atoms with E-state index in [9.17, 15) is 0 Å². The largest absolute Gasteiger partial charge is 0.398 e. The van der Waals surface area contributed by atoms with E-state index in [1.54, 1.807) is 0 Å². The molecule has 1 saturated carbocycles. The summed E-state index contributed by atoms with van der Waals surface area (Å²) in [6.07, 6.45) is 4.17. The van der Waals surface area contributed by atoms with Gasteiger partial charge in [-0.1, -0.05) is 31.5 Å². The quantitative estimate of drug-likeness (QED) is 0.686. The average Bonchev–Trinajstić information content (AvgIpc) is 2.01. The van der Waals surface area contributed by atoms with Crippen molar-refractivity contribution in [2.75, 3.05) is 5.73 Å². The number of anilines is 1. The van der Waals surface area contributed by atoms with Crippen molar-refractivity contribution in [3.63, 3.8) is 0 Å².